The summed E-state index contributed by atoms with van der Waals surface area (Å²) < 4.78 is 1.70. The Morgan fingerprint density at radius 3 is 2.11 bits per heavy atom. The van der Waals surface area contributed by atoms with Crippen LogP contribution in [-0.4, -0.2) is 20.7 Å². The highest BCUT2D eigenvalue weighted by Crippen LogP contribution is 2.22. The Morgan fingerprint density at radius 1 is 0.857 bits per heavy atom. The highest BCUT2D eigenvalue weighted by Gasteiger charge is 2.14. The Morgan fingerprint density at radius 2 is 1.46 bits per heavy atom. The number of rotatable bonds is 5. The molecule has 0 aliphatic carbocycles. The smallest absolute Gasteiger partial charge is 0.252 e. The van der Waals surface area contributed by atoms with Gasteiger partial charge >= 0.3 is 0 Å². The predicted molar refractivity (Wildman–Crippen MR) is 110 cm³/mol. The molecule has 1 N–H and O–H groups in total. The van der Waals surface area contributed by atoms with E-state index in [2.05, 4.69) is 10.4 Å². The van der Waals surface area contributed by atoms with Crippen molar-refractivity contribution in [2.75, 3.05) is 0 Å². The van der Waals surface area contributed by atoms with E-state index in [1.165, 1.54) is 0 Å². The maximum atomic E-state index is 12.4. The van der Waals surface area contributed by atoms with E-state index in [0.29, 0.717) is 22.2 Å². The van der Waals surface area contributed by atoms with Gasteiger partial charge in [0.1, 0.15) is 6.67 Å². The number of halogens is 1. The van der Waals surface area contributed by atoms with Crippen LogP contribution in [0.1, 0.15) is 10.4 Å². The van der Waals surface area contributed by atoms with Crippen LogP contribution < -0.4 is 5.32 Å². The SMILES string of the molecule is O=C(NCn1nc(-c2ccccc2)nc1-c1ccccc1)c1ccc(Cl)cc1. The van der Waals surface area contributed by atoms with Crippen molar-refractivity contribution in [2.24, 2.45) is 0 Å². The summed E-state index contributed by atoms with van der Waals surface area (Å²) in [5.74, 6) is 1.10. The van der Waals surface area contributed by atoms with Gasteiger partial charge in [-0.05, 0) is 24.3 Å². The fourth-order valence-electron chi connectivity index (χ4n) is 2.81. The third-order valence-electron chi connectivity index (χ3n) is 4.23. The van der Waals surface area contributed by atoms with Crippen LogP contribution in [-0.2, 0) is 6.67 Å². The second kappa shape index (κ2) is 8.06. The first-order valence-electron chi connectivity index (χ1n) is 8.80. The van der Waals surface area contributed by atoms with Crippen molar-refractivity contribution in [2.45, 2.75) is 6.67 Å². The van der Waals surface area contributed by atoms with Crippen LogP contribution in [0.5, 0.6) is 0 Å². The molecule has 0 atom stereocenters. The van der Waals surface area contributed by atoms with E-state index in [1.54, 1.807) is 28.9 Å². The number of nitrogens with zero attached hydrogens (tertiary/aromatic N) is 3. The molecule has 138 valence electrons. The first-order chi connectivity index (χ1) is 13.7. The van der Waals surface area contributed by atoms with E-state index >= 15 is 0 Å². The van der Waals surface area contributed by atoms with Crippen molar-refractivity contribution < 1.29 is 4.79 Å². The molecule has 3 aromatic carbocycles. The summed E-state index contributed by atoms with van der Waals surface area (Å²) >= 11 is 5.88. The number of hydrogen-bond donors (Lipinski definition) is 1. The van der Waals surface area contributed by atoms with Gasteiger partial charge in [-0.15, -0.1) is 5.10 Å². The maximum absolute atomic E-state index is 12.4. The molecule has 0 saturated carbocycles. The number of carbonyl (C=O) groups excluding carboxylic acids is 1. The minimum atomic E-state index is -0.201. The molecule has 28 heavy (non-hydrogen) atoms. The standard InChI is InChI=1S/C22H17ClN4O/c23-19-13-11-18(12-14-19)22(28)24-15-27-21(17-9-5-2-6-10-17)25-20(26-27)16-7-3-1-4-8-16/h1-14H,15H2,(H,24,28). The van der Waals surface area contributed by atoms with Crippen molar-refractivity contribution in [1.82, 2.24) is 20.1 Å². The summed E-state index contributed by atoms with van der Waals surface area (Å²) in [6.45, 7) is 0.200. The lowest BCUT2D eigenvalue weighted by Crippen LogP contribution is -2.27. The highest BCUT2D eigenvalue weighted by atomic mass is 35.5. The highest BCUT2D eigenvalue weighted by molar-refractivity contribution is 6.30. The minimum Gasteiger partial charge on any atom is -0.333 e. The Labute approximate surface area is 167 Å². The monoisotopic (exact) mass is 388 g/mol. The van der Waals surface area contributed by atoms with Crippen LogP contribution in [0, 0.1) is 0 Å². The van der Waals surface area contributed by atoms with E-state index < -0.39 is 0 Å². The molecule has 0 saturated heterocycles. The fourth-order valence-corrected chi connectivity index (χ4v) is 2.94. The van der Waals surface area contributed by atoms with Gasteiger partial charge < -0.3 is 5.32 Å². The number of carbonyl (C=O) groups is 1. The molecule has 0 aliphatic heterocycles. The molecule has 1 aromatic heterocycles. The molecule has 0 fully saturated rings. The summed E-state index contributed by atoms with van der Waals surface area (Å²) in [5.41, 5.74) is 2.38. The molecule has 1 heterocycles. The summed E-state index contributed by atoms with van der Waals surface area (Å²) in [6, 6.07) is 26.3. The number of benzene rings is 3. The molecular formula is C22H17ClN4O. The third-order valence-corrected chi connectivity index (χ3v) is 4.48. The Balaban J connectivity index is 1.62. The summed E-state index contributed by atoms with van der Waals surface area (Å²) in [4.78, 5) is 17.1. The van der Waals surface area contributed by atoms with Gasteiger partial charge in [-0.1, -0.05) is 72.3 Å². The molecule has 0 unspecified atom stereocenters. The van der Waals surface area contributed by atoms with Crippen LogP contribution in [0.2, 0.25) is 5.02 Å². The van der Waals surface area contributed by atoms with Crippen LogP contribution in [0.3, 0.4) is 0 Å². The van der Waals surface area contributed by atoms with Crippen molar-refractivity contribution in [1.29, 1.82) is 0 Å². The second-order valence-electron chi connectivity index (χ2n) is 6.16. The molecule has 4 aromatic rings. The number of amides is 1. The maximum Gasteiger partial charge on any atom is 0.252 e. The van der Waals surface area contributed by atoms with Crippen molar-refractivity contribution in [3.8, 4) is 22.8 Å². The summed E-state index contributed by atoms with van der Waals surface area (Å²) in [6.07, 6.45) is 0. The fraction of sp³-hybridized carbons (Fsp3) is 0.0455. The number of aromatic nitrogens is 3. The average Bonchev–Trinajstić information content (AvgIpc) is 3.18. The van der Waals surface area contributed by atoms with Gasteiger partial charge in [0.05, 0.1) is 0 Å². The van der Waals surface area contributed by atoms with Gasteiger partial charge in [-0.25, -0.2) is 9.67 Å². The zero-order valence-corrected chi connectivity index (χ0v) is 15.7. The predicted octanol–water partition coefficient (Wildman–Crippen LogP) is 4.65. The topological polar surface area (TPSA) is 59.8 Å². The van der Waals surface area contributed by atoms with Gasteiger partial charge in [0.2, 0.25) is 0 Å². The van der Waals surface area contributed by atoms with Crippen LogP contribution >= 0.6 is 11.6 Å². The molecule has 0 radical (unpaired) electrons. The van der Waals surface area contributed by atoms with Gasteiger partial charge in [-0.2, -0.15) is 0 Å². The van der Waals surface area contributed by atoms with Gasteiger partial charge in [0.25, 0.3) is 5.91 Å². The second-order valence-corrected chi connectivity index (χ2v) is 6.60. The van der Waals surface area contributed by atoms with E-state index in [-0.39, 0.29) is 12.6 Å². The van der Waals surface area contributed by atoms with Crippen LogP contribution in [0.4, 0.5) is 0 Å². The van der Waals surface area contributed by atoms with Crippen molar-refractivity contribution in [3.63, 3.8) is 0 Å². The van der Waals surface area contributed by atoms with Gasteiger partial charge in [0.15, 0.2) is 11.6 Å². The molecule has 6 heteroatoms. The summed E-state index contributed by atoms with van der Waals surface area (Å²) in [7, 11) is 0. The molecule has 0 bridgehead atoms. The minimum absolute atomic E-state index is 0.200. The molecule has 0 spiro atoms. The Hall–Kier alpha value is -3.44. The zero-order valence-electron chi connectivity index (χ0n) is 14.9. The van der Waals surface area contributed by atoms with E-state index in [1.807, 2.05) is 60.7 Å². The van der Waals surface area contributed by atoms with Crippen molar-refractivity contribution >= 4 is 17.5 Å². The van der Waals surface area contributed by atoms with E-state index in [0.717, 1.165) is 11.1 Å². The largest absolute Gasteiger partial charge is 0.333 e. The molecule has 4 rings (SSSR count). The van der Waals surface area contributed by atoms with E-state index in [4.69, 9.17) is 16.6 Å². The Kier molecular flexibility index (Phi) is 5.17. The normalized spacial score (nSPS) is 10.6. The molecule has 1 amide bonds. The quantitative estimate of drug-likeness (QED) is 0.541. The van der Waals surface area contributed by atoms with Crippen molar-refractivity contribution in [3.05, 3.63) is 95.5 Å². The molecule has 0 aliphatic rings. The lowest BCUT2D eigenvalue weighted by molar-refractivity contribution is 0.0940. The Bertz CT molecular complexity index is 1080. The lowest BCUT2D eigenvalue weighted by atomic mass is 10.2. The van der Waals surface area contributed by atoms with E-state index in [9.17, 15) is 4.79 Å². The van der Waals surface area contributed by atoms with Gasteiger partial charge in [-0.3, -0.25) is 4.79 Å². The number of nitrogens with one attached hydrogen (secondary N) is 1. The molecular weight excluding hydrogens is 372 g/mol. The summed E-state index contributed by atoms with van der Waals surface area (Å²) in [5, 5.41) is 8.08. The van der Waals surface area contributed by atoms with Gasteiger partial charge in [0, 0.05) is 21.7 Å². The number of hydrogen-bond acceptors (Lipinski definition) is 3. The first-order valence-corrected chi connectivity index (χ1v) is 9.18. The van der Waals surface area contributed by atoms with Crippen LogP contribution in [0.15, 0.2) is 84.9 Å². The third kappa shape index (κ3) is 3.94. The average molecular weight is 389 g/mol. The van der Waals surface area contributed by atoms with Crippen LogP contribution in [0.25, 0.3) is 22.8 Å². The zero-order chi connectivity index (χ0) is 19.3. The lowest BCUT2D eigenvalue weighted by Gasteiger charge is -2.08. The molecule has 5 nitrogen and oxygen atoms in total. The first kappa shape index (κ1) is 17.9.